The maximum absolute atomic E-state index is 12.0. The van der Waals surface area contributed by atoms with Gasteiger partial charge in [0.2, 0.25) is 0 Å². The zero-order valence-corrected chi connectivity index (χ0v) is 12.9. The first-order valence-electron chi connectivity index (χ1n) is 7.58. The molecule has 0 aliphatic carbocycles. The molecule has 0 bridgehead atoms. The van der Waals surface area contributed by atoms with Gasteiger partial charge in [0, 0.05) is 37.2 Å². The van der Waals surface area contributed by atoms with E-state index in [0.717, 1.165) is 23.5 Å². The average molecular weight is 306 g/mol. The molecule has 0 aliphatic heterocycles. The summed E-state index contributed by atoms with van der Waals surface area (Å²) < 4.78 is 2.07. The first-order valence-corrected chi connectivity index (χ1v) is 7.58. The topological polar surface area (TPSA) is 59.8 Å². The number of carbonyl (C=O) groups excluding carboxylic acids is 1. The molecule has 0 unspecified atom stereocenters. The van der Waals surface area contributed by atoms with E-state index in [1.165, 1.54) is 0 Å². The fraction of sp³-hybridized carbons (Fsp3) is 0.167. The zero-order chi connectivity index (χ0) is 16.1. The molecule has 1 amide bonds. The molecule has 116 valence electrons. The van der Waals surface area contributed by atoms with Crippen LogP contribution < -0.4 is 5.32 Å². The molecule has 1 aromatic carbocycles. The number of benzene rings is 1. The van der Waals surface area contributed by atoms with Gasteiger partial charge in [0.15, 0.2) is 0 Å². The van der Waals surface area contributed by atoms with Crippen LogP contribution in [-0.4, -0.2) is 20.4 Å². The van der Waals surface area contributed by atoms with E-state index in [-0.39, 0.29) is 5.91 Å². The lowest BCUT2D eigenvalue weighted by atomic mass is 10.2. The highest BCUT2D eigenvalue weighted by atomic mass is 16.1. The summed E-state index contributed by atoms with van der Waals surface area (Å²) in [7, 11) is 0. The monoisotopic (exact) mass is 306 g/mol. The average Bonchev–Trinajstić information content (AvgIpc) is 3.09. The number of rotatable bonds is 5. The van der Waals surface area contributed by atoms with Crippen LogP contribution in [0.25, 0.3) is 5.69 Å². The number of nitrogens with zero attached hydrogens (tertiary/aromatic N) is 3. The van der Waals surface area contributed by atoms with Gasteiger partial charge in [0.25, 0.3) is 5.91 Å². The van der Waals surface area contributed by atoms with Crippen molar-refractivity contribution >= 4 is 5.91 Å². The van der Waals surface area contributed by atoms with E-state index in [1.807, 2.05) is 30.5 Å². The molecular formula is C18H18N4O. The van der Waals surface area contributed by atoms with Crippen LogP contribution in [0, 0.1) is 0 Å². The first-order chi connectivity index (χ1) is 11.3. The Hall–Kier alpha value is -2.95. The standard InChI is InChI=1S/C18H18N4O/c1-2-17-20-11-12-22(17)15-8-6-14(7-9-15)13-21-18(23)16-5-3-4-10-19-16/h3-12H,2,13H2,1H3,(H,21,23). The number of aryl methyl sites for hydroxylation is 1. The number of hydrogen-bond acceptors (Lipinski definition) is 3. The summed E-state index contributed by atoms with van der Waals surface area (Å²) in [6.45, 7) is 2.56. The quantitative estimate of drug-likeness (QED) is 0.788. The van der Waals surface area contributed by atoms with Gasteiger partial charge in [-0.25, -0.2) is 4.98 Å². The molecule has 0 fully saturated rings. The van der Waals surface area contributed by atoms with Crippen LogP contribution in [0.15, 0.2) is 61.1 Å². The van der Waals surface area contributed by atoms with E-state index in [4.69, 9.17) is 0 Å². The van der Waals surface area contributed by atoms with Gasteiger partial charge in [0.05, 0.1) is 0 Å². The van der Waals surface area contributed by atoms with E-state index in [9.17, 15) is 4.79 Å². The Balaban J connectivity index is 1.65. The van der Waals surface area contributed by atoms with Crippen LogP contribution in [-0.2, 0) is 13.0 Å². The normalized spacial score (nSPS) is 10.5. The van der Waals surface area contributed by atoms with Crippen molar-refractivity contribution in [2.75, 3.05) is 0 Å². The number of amides is 1. The molecule has 2 heterocycles. The number of nitrogens with one attached hydrogen (secondary N) is 1. The highest BCUT2D eigenvalue weighted by Crippen LogP contribution is 2.12. The summed E-state index contributed by atoms with van der Waals surface area (Å²) in [5.74, 6) is 0.860. The molecular weight excluding hydrogens is 288 g/mol. The van der Waals surface area contributed by atoms with Crippen LogP contribution in [0.3, 0.4) is 0 Å². The molecule has 0 aliphatic rings. The Morgan fingerprint density at radius 2 is 1.91 bits per heavy atom. The fourth-order valence-electron chi connectivity index (χ4n) is 2.38. The molecule has 3 rings (SSSR count). The second-order valence-corrected chi connectivity index (χ2v) is 5.13. The van der Waals surface area contributed by atoms with Crippen LogP contribution in [0.2, 0.25) is 0 Å². The van der Waals surface area contributed by atoms with E-state index < -0.39 is 0 Å². The van der Waals surface area contributed by atoms with Crippen LogP contribution in [0.4, 0.5) is 0 Å². The van der Waals surface area contributed by atoms with Crippen molar-refractivity contribution in [2.45, 2.75) is 19.9 Å². The van der Waals surface area contributed by atoms with Gasteiger partial charge >= 0.3 is 0 Å². The smallest absolute Gasteiger partial charge is 0.270 e. The zero-order valence-electron chi connectivity index (χ0n) is 12.9. The molecule has 0 radical (unpaired) electrons. The predicted molar refractivity (Wildman–Crippen MR) is 88.3 cm³/mol. The van der Waals surface area contributed by atoms with Crippen molar-refractivity contribution in [3.8, 4) is 5.69 Å². The second kappa shape index (κ2) is 6.87. The SMILES string of the molecule is CCc1nccn1-c1ccc(CNC(=O)c2ccccn2)cc1. The van der Waals surface area contributed by atoms with E-state index in [1.54, 1.807) is 30.6 Å². The summed E-state index contributed by atoms with van der Waals surface area (Å²) in [5.41, 5.74) is 2.53. The number of aromatic nitrogens is 3. The molecule has 23 heavy (non-hydrogen) atoms. The Bertz CT molecular complexity index is 778. The summed E-state index contributed by atoms with van der Waals surface area (Å²) in [6.07, 6.45) is 6.26. The maximum atomic E-state index is 12.0. The molecule has 3 aromatic rings. The number of imidazole rings is 1. The van der Waals surface area contributed by atoms with Crippen molar-refractivity contribution in [1.82, 2.24) is 19.9 Å². The lowest BCUT2D eigenvalue weighted by Crippen LogP contribution is -2.23. The first kappa shape index (κ1) is 15.0. The van der Waals surface area contributed by atoms with Gasteiger partial charge in [-0.3, -0.25) is 9.78 Å². The minimum absolute atomic E-state index is 0.169. The largest absolute Gasteiger partial charge is 0.347 e. The summed E-state index contributed by atoms with van der Waals surface area (Å²) >= 11 is 0. The number of pyridine rings is 1. The molecule has 0 spiro atoms. The fourth-order valence-corrected chi connectivity index (χ4v) is 2.38. The summed E-state index contributed by atoms with van der Waals surface area (Å²) in [5, 5.41) is 2.87. The van der Waals surface area contributed by atoms with Crippen molar-refractivity contribution < 1.29 is 4.79 Å². The van der Waals surface area contributed by atoms with Gasteiger partial charge in [-0.05, 0) is 29.8 Å². The summed E-state index contributed by atoms with van der Waals surface area (Å²) in [4.78, 5) is 20.3. The van der Waals surface area contributed by atoms with Crippen LogP contribution >= 0.6 is 0 Å². The van der Waals surface area contributed by atoms with Crippen molar-refractivity contribution in [1.29, 1.82) is 0 Å². The Kier molecular flexibility index (Phi) is 4.47. The van der Waals surface area contributed by atoms with E-state index in [2.05, 4.69) is 26.8 Å². The second-order valence-electron chi connectivity index (χ2n) is 5.13. The van der Waals surface area contributed by atoms with Gasteiger partial charge in [-0.15, -0.1) is 0 Å². The summed E-state index contributed by atoms with van der Waals surface area (Å²) in [6, 6.07) is 13.4. The number of carbonyl (C=O) groups is 1. The van der Waals surface area contributed by atoms with E-state index in [0.29, 0.717) is 12.2 Å². The lowest BCUT2D eigenvalue weighted by Gasteiger charge is -2.08. The molecule has 0 saturated carbocycles. The highest BCUT2D eigenvalue weighted by Gasteiger charge is 2.06. The molecule has 5 heteroatoms. The number of hydrogen-bond donors (Lipinski definition) is 1. The minimum Gasteiger partial charge on any atom is -0.347 e. The van der Waals surface area contributed by atoms with Gasteiger partial charge in [-0.2, -0.15) is 0 Å². The molecule has 0 atom stereocenters. The van der Waals surface area contributed by atoms with Crippen molar-refractivity contribution in [3.05, 3.63) is 78.1 Å². The third-order valence-corrected chi connectivity index (χ3v) is 3.60. The van der Waals surface area contributed by atoms with Gasteiger partial charge < -0.3 is 9.88 Å². The Morgan fingerprint density at radius 3 is 2.61 bits per heavy atom. The lowest BCUT2D eigenvalue weighted by molar-refractivity contribution is 0.0946. The van der Waals surface area contributed by atoms with Crippen LogP contribution in [0.1, 0.15) is 28.8 Å². The molecule has 5 nitrogen and oxygen atoms in total. The highest BCUT2D eigenvalue weighted by molar-refractivity contribution is 5.92. The molecule has 0 saturated heterocycles. The van der Waals surface area contributed by atoms with Crippen molar-refractivity contribution in [3.63, 3.8) is 0 Å². The van der Waals surface area contributed by atoms with Crippen molar-refractivity contribution in [2.24, 2.45) is 0 Å². The Labute approximate surface area is 135 Å². The Morgan fingerprint density at radius 1 is 1.09 bits per heavy atom. The molecule has 1 N–H and O–H groups in total. The third kappa shape index (κ3) is 3.45. The van der Waals surface area contributed by atoms with Gasteiger partial charge in [-0.1, -0.05) is 25.1 Å². The molecule has 2 aromatic heterocycles. The maximum Gasteiger partial charge on any atom is 0.270 e. The third-order valence-electron chi connectivity index (χ3n) is 3.60. The van der Waals surface area contributed by atoms with E-state index >= 15 is 0 Å². The van der Waals surface area contributed by atoms with Gasteiger partial charge in [0.1, 0.15) is 11.5 Å². The predicted octanol–water partition coefficient (Wildman–Crippen LogP) is 2.76. The minimum atomic E-state index is -0.169. The van der Waals surface area contributed by atoms with Crippen LogP contribution in [0.5, 0.6) is 0 Å².